The first-order valence-electron chi connectivity index (χ1n) is 7.13. The van der Waals surface area contributed by atoms with Crippen LogP contribution in [0.2, 0.25) is 0 Å². The van der Waals surface area contributed by atoms with Gasteiger partial charge < -0.3 is 10.9 Å². The quantitative estimate of drug-likeness (QED) is 0.335. The summed E-state index contributed by atoms with van der Waals surface area (Å²) < 4.78 is 1.06. The van der Waals surface area contributed by atoms with E-state index in [0.717, 1.165) is 21.0 Å². The van der Waals surface area contributed by atoms with Crippen molar-refractivity contribution in [1.82, 2.24) is 4.98 Å². The standard InChI is InChI=1S/C18H13N3OS/c19-21-17(18-20-13-7-3-4-8-15(13)23-18)16-12-6-2-1-5-11(12)9-10-14(16)22/h1-10,22H,19H2/b21-17+. The summed E-state index contributed by atoms with van der Waals surface area (Å²) in [4.78, 5) is 4.60. The highest BCUT2D eigenvalue weighted by Gasteiger charge is 2.18. The Morgan fingerprint density at radius 1 is 1.00 bits per heavy atom. The van der Waals surface area contributed by atoms with Crippen LogP contribution in [0.3, 0.4) is 0 Å². The molecule has 5 heteroatoms. The zero-order valence-corrected chi connectivity index (χ0v) is 12.9. The number of nitrogens with zero attached hydrogens (tertiary/aromatic N) is 2. The fourth-order valence-electron chi connectivity index (χ4n) is 2.71. The molecule has 112 valence electrons. The minimum Gasteiger partial charge on any atom is -0.507 e. The van der Waals surface area contributed by atoms with Gasteiger partial charge in [0.05, 0.1) is 15.8 Å². The van der Waals surface area contributed by atoms with Crippen molar-refractivity contribution in [2.75, 3.05) is 0 Å². The van der Waals surface area contributed by atoms with E-state index in [1.165, 1.54) is 11.3 Å². The second kappa shape index (κ2) is 5.37. The number of fused-ring (bicyclic) bond motifs is 2. The maximum atomic E-state index is 10.4. The van der Waals surface area contributed by atoms with Crippen molar-refractivity contribution < 1.29 is 5.11 Å². The van der Waals surface area contributed by atoms with E-state index in [-0.39, 0.29) is 5.75 Å². The highest BCUT2D eigenvalue weighted by Crippen LogP contribution is 2.32. The number of hydrogen-bond donors (Lipinski definition) is 2. The van der Waals surface area contributed by atoms with Crippen molar-refractivity contribution in [3.63, 3.8) is 0 Å². The van der Waals surface area contributed by atoms with E-state index in [1.807, 2.05) is 54.6 Å². The van der Waals surface area contributed by atoms with E-state index in [9.17, 15) is 5.11 Å². The van der Waals surface area contributed by atoms with Crippen LogP contribution in [-0.4, -0.2) is 15.8 Å². The average molecular weight is 319 g/mol. The summed E-state index contributed by atoms with van der Waals surface area (Å²) in [6.07, 6.45) is 0. The van der Waals surface area contributed by atoms with Gasteiger partial charge in [0.2, 0.25) is 0 Å². The molecule has 1 aromatic heterocycles. The third-order valence-electron chi connectivity index (χ3n) is 3.77. The molecular formula is C18H13N3OS. The van der Waals surface area contributed by atoms with E-state index in [1.54, 1.807) is 6.07 Å². The summed E-state index contributed by atoms with van der Waals surface area (Å²) in [6.45, 7) is 0. The third-order valence-corrected chi connectivity index (χ3v) is 4.81. The molecule has 0 saturated carbocycles. The zero-order chi connectivity index (χ0) is 15.8. The molecule has 0 aliphatic rings. The highest BCUT2D eigenvalue weighted by molar-refractivity contribution is 7.20. The summed E-state index contributed by atoms with van der Waals surface area (Å²) in [7, 11) is 0. The van der Waals surface area contributed by atoms with Gasteiger partial charge in [-0.2, -0.15) is 5.10 Å². The van der Waals surface area contributed by atoms with Crippen LogP contribution in [0.1, 0.15) is 10.6 Å². The van der Waals surface area contributed by atoms with Crippen LogP contribution in [0.4, 0.5) is 0 Å². The fourth-order valence-corrected chi connectivity index (χ4v) is 3.68. The lowest BCUT2D eigenvalue weighted by Gasteiger charge is -2.09. The monoisotopic (exact) mass is 319 g/mol. The van der Waals surface area contributed by atoms with Crippen molar-refractivity contribution in [3.8, 4) is 5.75 Å². The van der Waals surface area contributed by atoms with Crippen LogP contribution in [0.25, 0.3) is 21.0 Å². The number of para-hydroxylation sites is 1. The summed E-state index contributed by atoms with van der Waals surface area (Å²) in [5.41, 5.74) is 2.01. The molecule has 0 spiro atoms. The average Bonchev–Trinajstić information content (AvgIpc) is 3.01. The second-order valence-electron chi connectivity index (χ2n) is 5.15. The van der Waals surface area contributed by atoms with E-state index in [0.29, 0.717) is 16.3 Å². The van der Waals surface area contributed by atoms with Crippen LogP contribution >= 0.6 is 11.3 Å². The predicted molar refractivity (Wildman–Crippen MR) is 95.1 cm³/mol. The minimum atomic E-state index is 0.146. The van der Waals surface area contributed by atoms with Crippen molar-refractivity contribution in [2.24, 2.45) is 10.9 Å². The normalized spacial score (nSPS) is 12.1. The molecule has 3 N–H and O–H groups in total. The van der Waals surface area contributed by atoms with Gasteiger partial charge in [-0.25, -0.2) is 4.98 Å². The first kappa shape index (κ1) is 13.7. The number of benzene rings is 3. The Labute approximate surface area is 136 Å². The van der Waals surface area contributed by atoms with Crippen LogP contribution in [0, 0.1) is 0 Å². The van der Waals surface area contributed by atoms with E-state index in [2.05, 4.69) is 10.1 Å². The van der Waals surface area contributed by atoms with Gasteiger partial charge in [0.25, 0.3) is 0 Å². The number of phenols is 1. The Hall–Kier alpha value is -2.92. The molecule has 23 heavy (non-hydrogen) atoms. The Kier molecular flexibility index (Phi) is 3.20. The van der Waals surface area contributed by atoms with Gasteiger partial charge in [-0.05, 0) is 29.0 Å². The number of hydrogen-bond acceptors (Lipinski definition) is 5. The lowest BCUT2D eigenvalue weighted by Crippen LogP contribution is -2.07. The Morgan fingerprint density at radius 3 is 2.61 bits per heavy atom. The molecule has 0 saturated heterocycles. The molecule has 4 aromatic rings. The summed E-state index contributed by atoms with van der Waals surface area (Å²) in [5, 5.41) is 16.9. The van der Waals surface area contributed by atoms with Crippen LogP contribution in [-0.2, 0) is 0 Å². The van der Waals surface area contributed by atoms with Crippen molar-refractivity contribution in [3.05, 3.63) is 71.2 Å². The maximum absolute atomic E-state index is 10.4. The fraction of sp³-hybridized carbons (Fsp3) is 0. The molecule has 0 aliphatic heterocycles. The molecular weight excluding hydrogens is 306 g/mol. The third kappa shape index (κ3) is 2.22. The van der Waals surface area contributed by atoms with Gasteiger partial charge in [0.1, 0.15) is 16.5 Å². The summed E-state index contributed by atoms with van der Waals surface area (Å²) in [5.74, 6) is 5.81. The number of aromatic nitrogens is 1. The van der Waals surface area contributed by atoms with Crippen molar-refractivity contribution in [2.45, 2.75) is 0 Å². The number of thiazole rings is 1. The van der Waals surface area contributed by atoms with Gasteiger partial charge in [-0.1, -0.05) is 42.5 Å². The first-order chi connectivity index (χ1) is 11.3. The lowest BCUT2D eigenvalue weighted by atomic mass is 10.00. The Morgan fingerprint density at radius 2 is 1.78 bits per heavy atom. The van der Waals surface area contributed by atoms with E-state index < -0.39 is 0 Å². The topological polar surface area (TPSA) is 71.5 Å². The maximum Gasteiger partial charge on any atom is 0.145 e. The molecule has 0 atom stereocenters. The van der Waals surface area contributed by atoms with Crippen LogP contribution in [0.15, 0.2) is 65.8 Å². The van der Waals surface area contributed by atoms with Crippen LogP contribution in [0.5, 0.6) is 5.75 Å². The number of hydrazone groups is 1. The van der Waals surface area contributed by atoms with Crippen molar-refractivity contribution in [1.29, 1.82) is 0 Å². The molecule has 0 aliphatic carbocycles. The number of aromatic hydroxyl groups is 1. The van der Waals surface area contributed by atoms with Gasteiger partial charge in [0.15, 0.2) is 0 Å². The van der Waals surface area contributed by atoms with Gasteiger partial charge in [-0.15, -0.1) is 11.3 Å². The molecule has 4 rings (SSSR count). The molecule has 1 heterocycles. The second-order valence-corrected chi connectivity index (χ2v) is 6.18. The first-order valence-corrected chi connectivity index (χ1v) is 7.94. The highest BCUT2D eigenvalue weighted by atomic mass is 32.1. The van der Waals surface area contributed by atoms with E-state index in [4.69, 9.17) is 5.84 Å². The number of nitrogens with two attached hydrogens (primary N) is 1. The van der Waals surface area contributed by atoms with E-state index >= 15 is 0 Å². The molecule has 0 fully saturated rings. The smallest absolute Gasteiger partial charge is 0.145 e. The molecule has 0 radical (unpaired) electrons. The predicted octanol–water partition coefficient (Wildman–Crippen LogP) is 3.87. The van der Waals surface area contributed by atoms with Crippen molar-refractivity contribution >= 4 is 38.0 Å². The van der Waals surface area contributed by atoms with Gasteiger partial charge >= 0.3 is 0 Å². The molecule has 3 aromatic carbocycles. The zero-order valence-electron chi connectivity index (χ0n) is 12.1. The lowest BCUT2D eigenvalue weighted by molar-refractivity contribution is 0.475. The SMILES string of the molecule is N/N=C(/c1nc2ccccc2s1)c1c(O)ccc2ccccc12. The van der Waals surface area contributed by atoms with Gasteiger partial charge in [-0.3, -0.25) is 0 Å². The molecule has 0 bridgehead atoms. The molecule has 4 nitrogen and oxygen atoms in total. The Balaban J connectivity index is 1.99. The van der Waals surface area contributed by atoms with Gasteiger partial charge in [0, 0.05) is 0 Å². The number of phenolic OH excluding ortho intramolecular Hbond substituents is 1. The Bertz CT molecular complexity index is 1020. The summed E-state index contributed by atoms with van der Waals surface area (Å²) >= 11 is 1.51. The number of rotatable bonds is 2. The minimum absolute atomic E-state index is 0.146. The molecule has 0 unspecified atom stereocenters. The summed E-state index contributed by atoms with van der Waals surface area (Å²) in [6, 6.07) is 19.2. The largest absolute Gasteiger partial charge is 0.507 e. The molecule has 0 amide bonds. The van der Waals surface area contributed by atoms with Crippen LogP contribution < -0.4 is 5.84 Å².